The summed E-state index contributed by atoms with van der Waals surface area (Å²) in [5.74, 6) is 0.498. The molecule has 8 nitrogen and oxygen atoms in total. The molecule has 0 N–H and O–H groups in total. The van der Waals surface area contributed by atoms with Gasteiger partial charge in [-0.25, -0.2) is 14.8 Å². The van der Waals surface area contributed by atoms with Gasteiger partial charge in [0.25, 0.3) is 5.91 Å². The molecule has 1 aromatic heterocycles. The molecule has 0 saturated carbocycles. The van der Waals surface area contributed by atoms with Crippen molar-refractivity contribution in [1.82, 2.24) is 19.8 Å². The summed E-state index contributed by atoms with van der Waals surface area (Å²) >= 11 is 6.47. The first-order chi connectivity index (χ1) is 15.6. The molecule has 1 unspecified atom stereocenters. The van der Waals surface area contributed by atoms with E-state index in [9.17, 15) is 9.59 Å². The lowest BCUT2D eigenvalue weighted by molar-refractivity contribution is -0.0334. The second kappa shape index (κ2) is 9.27. The fourth-order valence-corrected chi connectivity index (χ4v) is 4.46. The highest BCUT2D eigenvalue weighted by Crippen LogP contribution is 2.35. The molecule has 1 atom stereocenters. The zero-order valence-electron chi connectivity index (χ0n) is 19.4. The minimum atomic E-state index is -0.604. The van der Waals surface area contributed by atoms with Gasteiger partial charge in [0.05, 0.1) is 24.8 Å². The number of fused-ring (bicyclic) bond motifs is 1. The molecule has 2 aromatic rings. The quantitative estimate of drug-likeness (QED) is 0.658. The number of carbonyl (C=O) groups is 2. The van der Waals surface area contributed by atoms with Gasteiger partial charge in [0, 0.05) is 37.1 Å². The molecule has 9 heteroatoms. The van der Waals surface area contributed by atoms with Crippen molar-refractivity contribution in [2.45, 2.75) is 52.3 Å². The Hall–Kier alpha value is -2.71. The average Bonchev–Trinajstić information content (AvgIpc) is 2.77. The monoisotopic (exact) mass is 472 g/mol. The number of hydrogen-bond acceptors (Lipinski definition) is 6. The lowest BCUT2D eigenvalue weighted by Gasteiger charge is -2.39. The van der Waals surface area contributed by atoms with Crippen LogP contribution in [-0.4, -0.2) is 63.7 Å². The number of ether oxygens (including phenoxy) is 2. The standard InChI is InChI=1S/C24H29ClN4O4/c1-15-26-11-17(12-27-15)22(30)28-6-5-16-9-18(25)10-19(20(16)13-28)21-14-32-8-7-29(21)23(31)33-24(2,3)4/h9-12,21H,5-8,13-14H2,1-4H3. The number of amides is 2. The highest BCUT2D eigenvalue weighted by atomic mass is 35.5. The number of nitrogens with zero attached hydrogens (tertiary/aromatic N) is 4. The number of hydrogen-bond donors (Lipinski definition) is 0. The fraction of sp³-hybridized carbons (Fsp3) is 0.500. The van der Waals surface area contributed by atoms with Crippen LogP contribution in [0.15, 0.2) is 24.5 Å². The van der Waals surface area contributed by atoms with Crippen molar-refractivity contribution in [3.63, 3.8) is 0 Å². The van der Waals surface area contributed by atoms with Crippen molar-refractivity contribution in [2.24, 2.45) is 0 Å². The van der Waals surface area contributed by atoms with E-state index in [2.05, 4.69) is 9.97 Å². The molecule has 2 aliphatic rings. The van der Waals surface area contributed by atoms with Gasteiger partial charge in [0.2, 0.25) is 0 Å². The molecule has 0 aliphatic carbocycles. The van der Waals surface area contributed by atoms with Crippen molar-refractivity contribution in [1.29, 1.82) is 0 Å². The van der Waals surface area contributed by atoms with Gasteiger partial charge in [0.1, 0.15) is 11.4 Å². The molecule has 1 saturated heterocycles. The summed E-state index contributed by atoms with van der Waals surface area (Å²) in [6.45, 7) is 9.50. The summed E-state index contributed by atoms with van der Waals surface area (Å²) in [5.41, 5.74) is 2.82. The Bertz CT molecular complexity index is 1050. The van der Waals surface area contributed by atoms with E-state index in [1.54, 1.807) is 29.1 Å². The molecule has 0 radical (unpaired) electrons. The van der Waals surface area contributed by atoms with Crippen LogP contribution in [0.25, 0.3) is 0 Å². The Balaban J connectivity index is 1.65. The van der Waals surface area contributed by atoms with Gasteiger partial charge in [-0.05, 0) is 62.9 Å². The first-order valence-electron chi connectivity index (χ1n) is 11.1. The van der Waals surface area contributed by atoms with Gasteiger partial charge in [-0.1, -0.05) is 11.6 Å². The van der Waals surface area contributed by atoms with Crippen molar-refractivity contribution in [3.05, 3.63) is 57.6 Å². The lowest BCUT2D eigenvalue weighted by atomic mass is 9.90. The molecule has 0 spiro atoms. The number of benzene rings is 1. The van der Waals surface area contributed by atoms with Crippen molar-refractivity contribution >= 4 is 23.6 Å². The van der Waals surface area contributed by atoms with Crippen LogP contribution < -0.4 is 0 Å². The van der Waals surface area contributed by atoms with E-state index in [0.29, 0.717) is 55.7 Å². The predicted molar refractivity (Wildman–Crippen MR) is 123 cm³/mol. The second-order valence-electron chi connectivity index (χ2n) is 9.39. The van der Waals surface area contributed by atoms with E-state index in [0.717, 1.165) is 16.7 Å². The summed E-state index contributed by atoms with van der Waals surface area (Å²) in [4.78, 5) is 37.9. The summed E-state index contributed by atoms with van der Waals surface area (Å²) in [5, 5.41) is 0.602. The van der Waals surface area contributed by atoms with Crippen LogP contribution in [0, 0.1) is 6.92 Å². The first-order valence-corrected chi connectivity index (χ1v) is 11.5. The summed E-state index contributed by atoms with van der Waals surface area (Å²) < 4.78 is 11.4. The SMILES string of the molecule is Cc1ncc(C(=O)N2CCc3cc(Cl)cc(C4COCCN4C(=O)OC(C)(C)C)c3C2)cn1. The molecule has 2 amide bonds. The Kier molecular flexibility index (Phi) is 6.59. The number of aromatic nitrogens is 2. The number of halogens is 1. The molecule has 2 aliphatic heterocycles. The maximum Gasteiger partial charge on any atom is 0.410 e. The van der Waals surface area contributed by atoms with Gasteiger partial charge in [-0.3, -0.25) is 9.69 Å². The van der Waals surface area contributed by atoms with Crippen LogP contribution in [0.1, 0.15) is 59.7 Å². The van der Waals surface area contributed by atoms with Crippen LogP contribution in [0.3, 0.4) is 0 Å². The molecule has 1 fully saturated rings. The van der Waals surface area contributed by atoms with Crippen LogP contribution in [0.2, 0.25) is 5.02 Å². The summed E-state index contributed by atoms with van der Waals surface area (Å²) in [6, 6.07) is 3.47. The first kappa shape index (κ1) is 23.4. The Morgan fingerprint density at radius 2 is 1.91 bits per heavy atom. The Labute approximate surface area is 198 Å². The molecule has 1 aromatic carbocycles. The van der Waals surface area contributed by atoms with E-state index in [-0.39, 0.29) is 18.0 Å². The van der Waals surface area contributed by atoms with Crippen LogP contribution in [0.5, 0.6) is 0 Å². The second-order valence-corrected chi connectivity index (χ2v) is 9.83. The van der Waals surface area contributed by atoms with E-state index in [1.165, 1.54) is 0 Å². The third-order valence-electron chi connectivity index (χ3n) is 5.77. The number of rotatable bonds is 2. The largest absolute Gasteiger partial charge is 0.444 e. The molecule has 33 heavy (non-hydrogen) atoms. The lowest BCUT2D eigenvalue weighted by Crippen LogP contribution is -2.46. The predicted octanol–water partition coefficient (Wildman–Crippen LogP) is 3.95. The topological polar surface area (TPSA) is 84.9 Å². The minimum absolute atomic E-state index is 0.120. The molecule has 4 rings (SSSR count). The average molecular weight is 473 g/mol. The third kappa shape index (κ3) is 5.28. The minimum Gasteiger partial charge on any atom is -0.444 e. The van der Waals surface area contributed by atoms with Gasteiger partial charge in [-0.15, -0.1) is 0 Å². The molecule has 3 heterocycles. The van der Waals surface area contributed by atoms with Gasteiger partial charge in [0.15, 0.2) is 0 Å². The van der Waals surface area contributed by atoms with Crippen LogP contribution in [0.4, 0.5) is 4.79 Å². The molecular weight excluding hydrogens is 444 g/mol. The number of carbonyl (C=O) groups excluding carboxylic acids is 2. The molecular formula is C24H29ClN4O4. The van der Waals surface area contributed by atoms with E-state index in [1.807, 2.05) is 32.9 Å². The zero-order chi connectivity index (χ0) is 23.8. The smallest absolute Gasteiger partial charge is 0.410 e. The van der Waals surface area contributed by atoms with Crippen molar-refractivity contribution in [3.8, 4) is 0 Å². The number of aryl methyl sites for hydroxylation is 1. The normalized spacial score (nSPS) is 18.6. The number of morpholine rings is 1. The van der Waals surface area contributed by atoms with E-state index in [4.69, 9.17) is 21.1 Å². The van der Waals surface area contributed by atoms with Gasteiger partial charge in [-0.2, -0.15) is 0 Å². The summed E-state index contributed by atoms with van der Waals surface area (Å²) in [7, 11) is 0. The highest BCUT2D eigenvalue weighted by molar-refractivity contribution is 6.30. The van der Waals surface area contributed by atoms with Gasteiger partial charge >= 0.3 is 6.09 Å². The Morgan fingerprint density at radius 1 is 1.18 bits per heavy atom. The maximum atomic E-state index is 13.1. The van der Waals surface area contributed by atoms with Crippen LogP contribution in [-0.2, 0) is 22.4 Å². The van der Waals surface area contributed by atoms with Crippen LogP contribution >= 0.6 is 11.6 Å². The summed E-state index contributed by atoms with van der Waals surface area (Å²) in [6.07, 6.45) is 3.40. The third-order valence-corrected chi connectivity index (χ3v) is 5.99. The zero-order valence-corrected chi connectivity index (χ0v) is 20.2. The fourth-order valence-electron chi connectivity index (χ4n) is 4.21. The molecule has 0 bridgehead atoms. The Morgan fingerprint density at radius 3 is 2.61 bits per heavy atom. The van der Waals surface area contributed by atoms with Crippen molar-refractivity contribution in [2.75, 3.05) is 26.3 Å². The van der Waals surface area contributed by atoms with Crippen molar-refractivity contribution < 1.29 is 19.1 Å². The van der Waals surface area contributed by atoms with E-state index < -0.39 is 5.60 Å². The maximum absolute atomic E-state index is 13.1. The molecule has 176 valence electrons. The highest BCUT2D eigenvalue weighted by Gasteiger charge is 2.35. The van der Waals surface area contributed by atoms with Gasteiger partial charge < -0.3 is 14.4 Å². The van der Waals surface area contributed by atoms with E-state index >= 15 is 0 Å².